The number of benzene rings is 1. The van der Waals surface area contributed by atoms with Gasteiger partial charge in [0.15, 0.2) is 5.84 Å². The molecule has 7 heteroatoms. The first-order valence-electron chi connectivity index (χ1n) is 5.32. The van der Waals surface area contributed by atoms with Crippen LogP contribution in [-0.4, -0.2) is 24.8 Å². The number of nitrogens with one attached hydrogen (secondary N) is 2. The number of amides is 1. The van der Waals surface area contributed by atoms with E-state index < -0.39 is 0 Å². The third-order valence-corrected chi connectivity index (χ3v) is 3.41. The van der Waals surface area contributed by atoms with Crippen LogP contribution in [0, 0.1) is 0 Å². The molecule has 2 N–H and O–H groups in total. The highest BCUT2D eigenvalue weighted by Gasteiger charge is 2.15. The van der Waals surface area contributed by atoms with Crippen molar-refractivity contribution in [2.45, 2.75) is 6.42 Å². The van der Waals surface area contributed by atoms with Crippen LogP contribution in [0.4, 0.5) is 5.69 Å². The van der Waals surface area contributed by atoms with Gasteiger partial charge in [-0.05, 0) is 18.6 Å². The van der Waals surface area contributed by atoms with Crippen molar-refractivity contribution in [2.24, 2.45) is 4.99 Å². The molecule has 1 aromatic rings. The molecule has 0 aliphatic carbocycles. The number of amidine groups is 1. The van der Waals surface area contributed by atoms with Crippen LogP contribution in [-0.2, 0) is 4.79 Å². The van der Waals surface area contributed by atoms with Gasteiger partial charge in [0.1, 0.15) is 0 Å². The highest BCUT2D eigenvalue weighted by Crippen LogP contribution is 2.32. The van der Waals surface area contributed by atoms with E-state index in [1.54, 1.807) is 0 Å². The lowest BCUT2D eigenvalue weighted by molar-refractivity contribution is -0.110. The smallest absolute Gasteiger partial charge is 0.290 e. The zero-order valence-corrected chi connectivity index (χ0v) is 11.5. The van der Waals surface area contributed by atoms with E-state index in [9.17, 15) is 4.79 Å². The maximum atomic E-state index is 11.9. The Balaban J connectivity index is 2.16. The fourth-order valence-electron chi connectivity index (χ4n) is 1.48. The summed E-state index contributed by atoms with van der Waals surface area (Å²) in [5.41, 5.74) is 0.408. The molecule has 2 rings (SSSR count). The van der Waals surface area contributed by atoms with Crippen LogP contribution in [0.2, 0.25) is 15.1 Å². The van der Waals surface area contributed by atoms with Crippen LogP contribution in [0.15, 0.2) is 17.1 Å². The van der Waals surface area contributed by atoms with Crippen molar-refractivity contribution in [1.82, 2.24) is 5.32 Å². The molecule has 0 atom stereocenters. The number of hydrogen-bond donors (Lipinski definition) is 2. The summed E-state index contributed by atoms with van der Waals surface area (Å²) in [7, 11) is 0. The van der Waals surface area contributed by atoms with Crippen molar-refractivity contribution >= 4 is 52.2 Å². The topological polar surface area (TPSA) is 53.5 Å². The molecule has 0 bridgehead atoms. The Labute approximate surface area is 119 Å². The van der Waals surface area contributed by atoms with Crippen LogP contribution >= 0.6 is 34.8 Å². The monoisotopic (exact) mass is 305 g/mol. The number of hydrogen-bond acceptors (Lipinski definition) is 3. The minimum absolute atomic E-state index is 0.309. The van der Waals surface area contributed by atoms with Gasteiger partial charge in [0.25, 0.3) is 5.91 Å². The third kappa shape index (κ3) is 3.07. The summed E-state index contributed by atoms with van der Waals surface area (Å²) in [5.74, 6) is -0.0293. The van der Waals surface area contributed by atoms with Gasteiger partial charge in [0.2, 0.25) is 0 Å². The molecule has 1 aliphatic heterocycles. The molecule has 1 heterocycles. The SMILES string of the molecule is O=C(Nc1cc(Cl)c(Cl)cc1Cl)C1=NCCCN1. The Morgan fingerprint density at radius 2 is 1.94 bits per heavy atom. The minimum Gasteiger partial charge on any atom is -0.366 e. The van der Waals surface area contributed by atoms with Gasteiger partial charge in [-0.3, -0.25) is 9.79 Å². The van der Waals surface area contributed by atoms with Gasteiger partial charge in [-0.1, -0.05) is 34.8 Å². The average molecular weight is 307 g/mol. The first kappa shape index (κ1) is 13.5. The van der Waals surface area contributed by atoms with E-state index in [-0.39, 0.29) is 5.91 Å². The molecule has 0 fully saturated rings. The van der Waals surface area contributed by atoms with Crippen molar-refractivity contribution in [2.75, 3.05) is 18.4 Å². The number of nitrogens with zero attached hydrogens (tertiary/aromatic N) is 1. The molecule has 1 aromatic carbocycles. The maximum Gasteiger partial charge on any atom is 0.290 e. The highest BCUT2D eigenvalue weighted by atomic mass is 35.5. The van der Waals surface area contributed by atoms with Gasteiger partial charge < -0.3 is 10.6 Å². The van der Waals surface area contributed by atoms with Crippen molar-refractivity contribution < 1.29 is 4.79 Å². The zero-order valence-electron chi connectivity index (χ0n) is 9.27. The van der Waals surface area contributed by atoms with Gasteiger partial charge in [-0.2, -0.15) is 0 Å². The number of anilines is 1. The third-order valence-electron chi connectivity index (χ3n) is 2.37. The van der Waals surface area contributed by atoms with Crippen molar-refractivity contribution in [3.8, 4) is 0 Å². The van der Waals surface area contributed by atoms with Gasteiger partial charge >= 0.3 is 0 Å². The molecule has 0 unspecified atom stereocenters. The van der Waals surface area contributed by atoms with Crippen molar-refractivity contribution in [3.63, 3.8) is 0 Å². The number of halogens is 3. The summed E-state index contributed by atoms with van der Waals surface area (Å²) < 4.78 is 0. The highest BCUT2D eigenvalue weighted by molar-refractivity contribution is 6.46. The summed E-state index contributed by atoms with van der Waals surface area (Å²) in [6.07, 6.45) is 0.921. The van der Waals surface area contributed by atoms with Gasteiger partial charge in [0, 0.05) is 13.1 Å². The number of rotatable bonds is 2. The van der Waals surface area contributed by atoms with Gasteiger partial charge in [-0.25, -0.2) is 0 Å². The lowest BCUT2D eigenvalue weighted by atomic mass is 10.3. The molecule has 0 radical (unpaired) electrons. The van der Waals surface area contributed by atoms with Crippen molar-refractivity contribution in [3.05, 3.63) is 27.2 Å². The predicted molar refractivity (Wildman–Crippen MR) is 75.0 cm³/mol. The summed E-state index contributed by atoms with van der Waals surface area (Å²) >= 11 is 17.6. The van der Waals surface area contributed by atoms with E-state index in [1.165, 1.54) is 12.1 Å². The van der Waals surface area contributed by atoms with E-state index in [2.05, 4.69) is 15.6 Å². The van der Waals surface area contributed by atoms with Gasteiger partial charge in [-0.15, -0.1) is 0 Å². The molecule has 4 nitrogen and oxygen atoms in total. The van der Waals surface area contributed by atoms with Crippen LogP contribution in [0.3, 0.4) is 0 Å². The van der Waals surface area contributed by atoms with Gasteiger partial charge in [0.05, 0.1) is 20.8 Å². The molecule has 0 aromatic heterocycles. The summed E-state index contributed by atoms with van der Waals surface area (Å²) in [6.45, 7) is 1.38. The second-order valence-electron chi connectivity index (χ2n) is 3.71. The van der Waals surface area contributed by atoms with Crippen LogP contribution in [0.1, 0.15) is 6.42 Å². The normalized spacial score (nSPS) is 14.7. The quantitative estimate of drug-likeness (QED) is 0.825. The first-order chi connectivity index (χ1) is 8.58. The molecule has 18 heavy (non-hydrogen) atoms. The maximum absolute atomic E-state index is 11.9. The number of carbonyl (C=O) groups excluding carboxylic acids is 1. The molecule has 1 amide bonds. The second-order valence-corrected chi connectivity index (χ2v) is 4.93. The average Bonchev–Trinajstić information content (AvgIpc) is 2.37. The summed E-state index contributed by atoms with van der Waals surface area (Å²) in [5, 5.41) is 6.56. The Morgan fingerprint density at radius 1 is 1.22 bits per heavy atom. The van der Waals surface area contributed by atoms with Crippen LogP contribution in [0.25, 0.3) is 0 Å². The molecule has 96 valence electrons. The van der Waals surface area contributed by atoms with Crippen LogP contribution in [0.5, 0.6) is 0 Å². The van der Waals surface area contributed by atoms with E-state index in [1.807, 2.05) is 0 Å². The van der Waals surface area contributed by atoms with E-state index in [0.29, 0.717) is 33.1 Å². The number of aliphatic imine (C=N–C) groups is 1. The van der Waals surface area contributed by atoms with E-state index in [0.717, 1.165) is 13.0 Å². The van der Waals surface area contributed by atoms with E-state index in [4.69, 9.17) is 34.8 Å². The largest absolute Gasteiger partial charge is 0.366 e. The fraction of sp³-hybridized carbons (Fsp3) is 0.273. The minimum atomic E-state index is -0.338. The predicted octanol–water partition coefficient (Wildman–Crippen LogP) is 2.98. The lowest BCUT2D eigenvalue weighted by Gasteiger charge is -2.15. The fourth-order valence-corrected chi connectivity index (χ4v) is 2.08. The summed E-state index contributed by atoms with van der Waals surface area (Å²) in [6, 6.07) is 2.99. The standard InChI is InChI=1S/C11H10Cl3N3O/c12-6-4-8(14)9(5-7(6)13)17-11(18)10-15-2-1-3-16-10/h4-5H,1-3H2,(H,15,16)(H,17,18). The first-order valence-corrected chi connectivity index (χ1v) is 6.45. The Kier molecular flexibility index (Phi) is 4.32. The van der Waals surface area contributed by atoms with Crippen LogP contribution < -0.4 is 10.6 Å². The van der Waals surface area contributed by atoms with Crippen molar-refractivity contribution in [1.29, 1.82) is 0 Å². The Bertz CT molecular complexity index is 517. The Hall–Kier alpha value is -0.970. The van der Waals surface area contributed by atoms with E-state index >= 15 is 0 Å². The summed E-state index contributed by atoms with van der Waals surface area (Å²) in [4.78, 5) is 16.0. The molecule has 0 saturated carbocycles. The molecule has 0 saturated heterocycles. The molecule has 0 spiro atoms. The Morgan fingerprint density at radius 3 is 2.61 bits per heavy atom. The zero-order chi connectivity index (χ0) is 13.1. The molecular weight excluding hydrogens is 297 g/mol. The molecular formula is C11H10Cl3N3O. The molecule has 1 aliphatic rings. The lowest BCUT2D eigenvalue weighted by Crippen LogP contribution is -2.39. The number of carbonyl (C=O) groups is 1. The second kappa shape index (κ2) is 5.78.